The van der Waals surface area contributed by atoms with Gasteiger partial charge < -0.3 is 14.8 Å². The first kappa shape index (κ1) is 16.7. The SMILES string of the molecule is COc1cccc(OC)c1C(c1cccnc1)N1CCCNCC1. The quantitative estimate of drug-likeness (QED) is 0.914. The molecule has 0 spiro atoms. The molecule has 1 aliphatic rings. The Bertz CT molecular complexity index is 618. The van der Waals surface area contributed by atoms with E-state index in [-0.39, 0.29) is 6.04 Å². The average molecular weight is 327 g/mol. The Morgan fingerprint density at radius 3 is 2.50 bits per heavy atom. The average Bonchev–Trinajstić information content (AvgIpc) is 2.92. The van der Waals surface area contributed by atoms with Crippen molar-refractivity contribution in [1.29, 1.82) is 0 Å². The molecule has 5 nitrogen and oxygen atoms in total. The van der Waals surface area contributed by atoms with E-state index in [1.807, 2.05) is 36.7 Å². The number of nitrogens with zero attached hydrogens (tertiary/aromatic N) is 2. The third kappa shape index (κ3) is 3.52. The van der Waals surface area contributed by atoms with Gasteiger partial charge >= 0.3 is 0 Å². The van der Waals surface area contributed by atoms with Gasteiger partial charge in [-0.2, -0.15) is 0 Å². The summed E-state index contributed by atoms with van der Waals surface area (Å²) < 4.78 is 11.3. The van der Waals surface area contributed by atoms with Gasteiger partial charge in [-0.05, 0) is 36.7 Å². The summed E-state index contributed by atoms with van der Waals surface area (Å²) >= 11 is 0. The molecule has 128 valence electrons. The highest BCUT2D eigenvalue weighted by Gasteiger charge is 2.29. The van der Waals surface area contributed by atoms with Crippen molar-refractivity contribution in [1.82, 2.24) is 15.2 Å². The third-order valence-corrected chi connectivity index (χ3v) is 4.48. The van der Waals surface area contributed by atoms with Gasteiger partial charge in [0.15, 0.2) is 0 Å². The Balaban J connectivity index is 2.11. The maximum Gasteiger partial charge on any atom is 0.127 e. The predicted octanol–water partition coefficient (Wildman–Crippen LogP) is 2.48. The van der Waals surface area contributed by atoms with E-state index in [1.54, 1.807) is 14.2 Å². The Kier molecular flexibility index (Phi) is 5.67. The van der Waals surface area contributed by atoms with Gasteiger partial charge in [-0.15, -0.1) is 0 Å². The lowest BCUT2D eigenvalue weighted by Gasteiger charge is -2.32. The molecule has 1 saturated heterocycles. The fraction of sp³-hybridized carbons (Fsp3) is 0.421. The van der Waals surface area contributed by atoms with Crippen LogP contribution in [0.1, 0.15) is 23.6 Å². The summed E-state index contributed by atoms with van der Waals surface area (Å²) in [5, 5.41) is 3.47. The van der Waals surface area contributed by atoms with Gasteiger partial charge in [0.25, 0.3) is 0 Å². The van der Waals surface area contributed by atoms with Crippen molar-refractivity contribution in [3.63, 3.8) is 0 Å². The molecule has 0 bridgehead atoms. The van der Waals surface area contributed by atoms with E-state index in [1.165, 1.54) is 0 Å². The van der Waals surface area contributed by atoms with Crippen LogP contribution in [0.3, 0.4) is 0 Å². The predicted molar refractivity (Wildman–Crippen MR) is 94.7 cm³/mol. The molecule has 1 atom stereocenters. The number of rotatable bonds is 5. The van der Waals surface area contributed by atoms with Crippen molar-refractivity contribution in [2.45, 2.75) is 12.5 Å². The molecule has 1 aromatic carbocycles. The fourth-order valence-electron chi connectivity index (χ4n) is 3.37. The molecule has 5 heteroatoms. The lowest BCUT2D eigenvalue weighted by atomic mass is 9.96. The van der Waals surface area contributed by atoms with Crippen molar-refractivity contribution >= 4 is 0 Å². The Labute approximate surface area is 143 Å². The van der Waals surface area contributed by atoms with Crippen LogP contribution in [0.25, 0.3) is 0 Å². The highest BCUT2D eigenvalue weighted by molar-refractivity contribution is 5.50. The largest absolute Gasteiger partial charge is 0.496 e. The van der Waals surface area contributed by atoms with E-state index >= 15 is 0 Å². The molecule has 1 unspecified atom stereocenters. The minimum Gasteiger partial charge on any atom is -0.496 e. The summed E-state index contributed by atoms with van der Waals surface area (Å²) in [6, 6.07) is 10.1. The number of pyridine rings is 1. The second-order valence-corrected chi connectivity index (χ2v) is 5.90. The molecular weight excluding hydrogens is 302 g/mol. The molecule has 1 aliphatic heterocycles. The van der Waals surface area contributed by atoms with Gasteiger partial charge in [0.1, 0.15) is 11.5 Å². The van der Waals surface area contributed by atoms with Crippen molar-refractivity contribution in [3.05, 3.63) is 53.9 Å². The van der Waals surface area contributed by atoms with Gasteiger partial charge in [0.05, 0.1) is 25.8 Å². The van der Waals surface area contributed by atoms with E-state index in [2.05, 4.69) is 21.3 Å². The summed E-state index contributed by atoms with van der Waals surface area (Å²) in [6.45, 7) is 4.03. The highest BCUT2D eigenvalue weighted by atomic mass is 16.5. The first-order chi connectivity index (χ1) is 11.8. The fourth-order valence-corrected chi connectivity index (χ4v) is 3.37. The lowest BCUT2D eigenvalue weighted by Crippen LogP contribution is -2.33. The smallest absolute Gasteiger partial charge is 0.127 e. The molecule has 1 fully saturated rings. The number of aromatic nitrogens is 1. The molecule has 0 aliphatic carbocycles. The van der Waals surface area contributed by atoms with Crippen molar-refractivity contribution in [2.24, 2.45) is 0 Å². The number of nitrogens with one attached hydrogen (secondary N) is 1. The Morgan fingerprint density at radius 1 is 1.04 bits per heavy atom. The van der Waals surface area contributed by atoms with E-state index in [0.717, 1.165) is 55.2 Å². The summed E-state index contributed by atoms with van der Waals surface area (Å²) in [6.07, 6.45) is 4.87. The molecule has 1 aromatic heterocycles. The minimum absolute atomic E-state index is 0.0599. The van der Waals surface area contributed by atoms with Gasteiger partial charge in [-0.3, -0.25) is 9.88 Å². The molecule has 0 radical (unpaired) electrons. The van der Waals surface area contributed by atoms with Crippen LogP contribution >= 0.6 is 0 Å². The minimum atomic E-state index is 0.0599. The Morgan fingerprint density at radius 2 is 1.83 bits per heavy atom. The maximum atomic E-state index is 5.67. The van der Waals surface area contributed by atoms with Gasteiger partial charge in [0, 0.05) is 32.0 Å². The van der Waals surface area contributed by atoms with Crippen molar-refractivity contribution in [2.75, 3.05) is 40.4 Å². The summed E-state index contributed by atoms with van der Waals surface area (Å²) in [5.41, 5.74) is 2.22. The zero-order valence-electron chi connectivity index (χ0n) is 14.4. The molecular formula is C19H25N3O2. The standard InChI is InChI=1S/C19H25N3O2/c1-23-16-7-3-8-17(24-2)18(16)19(15-6-4-9-21-14-15)22-12-5-10-20-11-13-22/h3-4,6-9,14,19-20H,5,10-13H2,1-2H3. The number of methoxy groups -OCH3 is 2. The van der Waals surface area contributed by atoms with Crippen LogP contribution in [0.15, 0.2) is 42.7 Å². The number of benzene rings is 1. The summed E-state index contributed by atoms with van der Waals surface area (Å²) in [7, 11) is 3.42. The van der Waals surface area contributed by atoms with Crippen molar-refractivity contribution in [3.8, 4) is 11.5 Å². The second kappa shape index (κ2) is 8.13. The van der Waals surface area contributed by atoms with E-state index < -0.39 is 0 Å². The highest BCUT2D eigenvalue weighted by Crippen LogP contribution is 2.40. The van der Waals surface area contributed by atoms with Crippen LogP contribution in [-0.2, 0) is 0 Å². The first-order valence-electron chi connectivity index (χ1n) is 8.40. The lowest BCUT2D eigenvalue weighted by molar-refractivity contribution is 0.230. The molecule has 0 saturated carbocycles. The van der Waals surface area contributed by atoms with Crippen LogP contribution in [0, 0.1) is 0 Å². The van der Waals surface area contributed by atoms with Crippen LogP contribution < -0.4 is 14.8 Å². The second-order valence-electron chi connectivity index (χ2n) is 5.90. The third-order valence-electron chi connectivity index (χ3n) is 4.48. The number of ether oxygens (including phenoxy) is 2. The van der Waals surface area contributed by atoms with Crippen molar-refractivity contribution < 1.29 is 9.47 Å². The molecule has 2 aromatic rings. The van der Waals surface area contributed by atoms with Gasteiger partial charge in [-0.25, -0.2) is 0 Å². The molecule has 24 heavy (non-hydrogen) atoms. The summed E-state index contributed by atoms with van der Waals surface area (Å²) in [4.78, 5) is 6.82. The number of hydrogen-bond donors (Lipinski definition) is 1. The van der Waals surface area contributed by atoms with E-state index in [9.17, 15) is 0 Å². The zero-order valence-corrected chi connectivity index (χ0v) is 14.4. The molecule has 0 amide bonds. The number of hydrogen-bond acceptors (Lipinski definition) is 5. The molecule has 3 rings (SSSR count). The Hall–Kier alpha value is -2.11. The normalized spacial score (nSPS) is 17.1. The summed E-state index contributed by atoms with van der Waals surface area (Å²) in [5.74, 6) is 1.70. The molecule has 2 heterocycles. The van der Waals surface area contributed by atoms with E-state index in [0.29, 0.717) is 0 Å². The monoisotopic (exact) mass is 327 g/mol. The zero-order chi connectivity index (χ0) is 16.8. The molecule has 1 N–H and O–H groups in total. The maximum absolute atomic E-state index is 5.67. The topological polar surface area (TPSA) is 46.6 Å². The van der Waals surface area contributed by atoms with E-state index in [4.69, 9.17) is 9.47 Å². The van der Waals surface area contributed by atoms with Crippen LogP contribution in [0.2, 0.25) is 0 Å². The van der Waals surface area contributed by atoms with Gasteiger partial charge in [0.2, 0.25) is 0 Å². The first-order valence-corrected chi connectivity index (χ1v) is 8.40. The van der Waals surface area contributed by atoms with Crippen LogP contribution in [0.5, 0.6) is 11.5 Å². The van der Waals surface area contributed by atoms with Crippen LogP contribution in [-0.4, -0.2) is 50.3 Å². The van der Waals surface area contributed by atoms with Gasteiger partial charge in [-0.1, -0.05) is 12.1 Å². The van der Waals surface area contributed by atoms with Crippen LogP contribution in [0.4, 0.5) is 0 Å².